The van der Waals surface area contributed by atoms with E-state index in [0.717, 1.165) is 19.6 Å². The van der Waals surface area contributed by atoms with Gasteiger partial charge in [0.05, 0.1) is 0 Å². The average Bonchev–Trinajstić information content (AvgIpc) is 2.33. The van der Waals surface area contributed by atoms with E-state index < -0.39 is 0 Å². The Morgan fingerprint density at radius 3 is 2.35 bits per heavy atom. The Hall–Kier alpha value is -0.540. The first-order valence-corrected chi connectivity index (χ1v) is 8.30. The van der Waals surface area contributed by atoms with E-state index >= 15 is 0 Å². The third kappa shape index (κ3) is 5.84. The van der Waals surface area contributed by atoms with Crippen molar-refractivity contribution in [1.82, 2.24) is 5.32 Å². The van der Waals surface area contributed by atoms with Gasteiger partial charge in [-0.2, -0.15) is 0 Å². The maximum atomic E-state index is 3.71. The average molecular weight is 341 g/mol. The second-order valence-corrected chi connectivity index (χ2v) is 7.67. The third-order valence-corrected chi connectivity index (χ3v) is 3.92. The zero-order valence-corrected chi connectivity index (χ0v) is 15.3. The predicted octanol–water partition coefficient (Wildman–Crippen LogP) is 4.82. The number of nitrogens with one attached hydrogen (secondary N) is 1. The largest absolute Gasteiger partial charge is 0.372 e. The van der Waals surface area contributed by atoms with Crippen LogP contribution >= 0.6 is 15.9 Å². The van der Waals surface area contributed by atoms with E-state index in [1.165, 1.54) is 15.7 Å². The molecule has 0 aromatic heterocycles. The zero-order valence-electron chi connectivity index (χ0n) is 13.8. The van der Waals surface area contributed by atoms with Crippen molar-refractivity contribution >= 4 is 21.6 Å². The molecule has 0 radical (unpaired) electrons. The lowest BCUT2D eigenvalue weighted by molar-refractivity contribution is 0.424. The molecule has 1 aromatic carbocycles. The quantitative estimate of drug-likeness (QED) is 0.798. The van der Waals surface area contributed by atoms with Gasteiger partial charge in [0.1, 0.15) is 0 Å². The van der Waals surface area contributed by atoms with Crippen LogP contribution in [0.4, 0.5) is 5.69 Å². The number of anilines is 1. The van der Waals surface area contributed by atoms with Crippen molar-refractivity contribution < 1.29 is 0 Å². The van der Waals surface area contributed by atoms with Crippen molar-refractivity contribution in [1.29, 1.82) is 0 Å². The number of benzene rings is 1. The van der Waals surface area contributed by atoms with Crippen LogP contribution in [0.5, 0.6) is 0 Å². The molecule has 20 heavy (non-hydrogen) atoms. The Bertz CT molecular complexity index is 421. The summed E-state index contributed by atoms with van der Waals surface area (Å²) in [5.74, 6) is 0.677. The van der Waals surface area contributed by atoms with Crippen molar-refractivity contribution in [2.45, 2.75) is 53.6 Å². The van der Waals surface area contributed by atoms with E-state index in [1.54, 1.807) is 0 Å². The van der Waals surface area contributed by atoms with Crippen LogP contribution in [0.25, 0.3) is 0 Å². The molecule has 0 atom stereocenters. The molecule has 0 aliphatic rings. The number of hydrogen-bond donors (Lipinski definition) is 1. The first-order valence-electron chi connectivity index (χ1n) is 7.51. The Kier molecular flexibility index (Phi) is 6.53. The lowest BCUT2D eigenvalue weighted by atomic mass is 10.1. The molecule has 0 saturated carbocycles. The molecule has 0 unspecified atom stereocenters. The highest BCUT2D eigenvalue weighted by atomic mass is 79.9. The maximum absolute atomic E-state index is 3.71. The Balaban J connectivity index is 2.81. The Morgan fingerprint density at radius 2 is 1.90 bits per heavy atom. The molecule has 0 amide bonds. The molecule has 114 valence electrons. The molecule has 0 aliphatic heterocycles. The summed E-state index contributed by atoms with van der Waals surface area (Å²) in [6.45, 7) is 16.3. The van der Waals surface area contributed by atoms with E-state index in [0.29, 0.717) is 5.92 Å². The van der Waals surface area contributed by atoms with Crippen molar-refractivity contribution in [2.24, 2.45) is 5.92 Å². The van der Waals surface area contributed by atoms with E-state index in [1.807, 2.05) is 0 Å². The van der Waals surface area contributed by atoms with Crippen LogP contribution in [0.15, 0.2) is 22.7 Å². The smallest absolute Gasteiger partial charge is 0.0377 e. The molecule has 0 aliphatic carbocycles. The van der Waals surface area contributed by atoms with Gasteiger partial charge in [0, 0.05) is 35.3 Å². The van der Waals surface area contributed by atoms with Gasteiger partial charge in [-0.25, -0.2) is 0 Å². The summed E-state index contributed by atoms with van der Waals surface area (Å²) in [6, 6.07) is 6.70. The normalized spacial score (nSPS) is 12.0. The van der Waals surface area contributed by atoms with Gasteiger partial charge in [-0.3, -0.25) is 0 Å². The zero-order chi connectivity index (χ0) is 15.3. The fourth-order valence-electron chi connectivity index (χ4n) is 2.09. The van der Waals surface area contributed by atoms with Crippen LogP contribution in [-0.4, -0.2) is 18.6 Å². The highest BCUT2D eigenvalue weighted by Crippen LogP contribution is 2.25. The maximum Gasteiger partial charge on any atom is 0.0377 e. The predicted molar refractivity (Wildman–Crippen MR) is 93.5 cm³/mol. The van der Waals surface area contributed by atoms with Crippen LogP contribution in [-0.2, 0) is 6.54 Å². The van der Waals surface area contributed by atoms with Crippen molar-refractivity contribution in [3.8, 4) is 0 Å². The molecule has 1 N–H and O–H groups in total. The van der Waals surface area contributed by atoms with E-state index in [4.69, 9.17) is 0 Å². The molecule has 0 heterocycles. The first-order chi connectivity index (χ1) is 9.23. The molecule has 2 nitrogen and oxygen atoms in total. The SMILES string of the molecule is CCN(CC(C)C)c1ccc(CNC(C)(C)C)c(Br)c1. The minimum Gasteiger partial charge on any atom is -0.372 e. The summed E-state index contributed by atoms with van der Waals surface area (Å²) in [5.41, 5.74) is 2.75. The monoisotopic (exact) mass is 340 g/mol. The van der Waals surface area contributed by atoms with Gasteiger partial charge in [0.2, 0.25) is 0 Å². The number of rotatable bonds is 6. The van der Waals surface area contributed by atoms with E-state index in [2.05, 4.69) is 85.9 Å². The lowest BCUT2D eigenvalue weighted by Crippen LogP contribution is -2.35. The van der Waals surface area contributed by atoms with Crippen LogP contribution < -0.4 is 10.2 Å². The van der Waals surface area contributed by atoms with Crippen molar-refractivity contribution in [3.05, 3.63) is 28.2 Å². The second kappa shape index (κ2) is 7.46. The number of hydrogen-bond acceptors (Lipinski definition) is 2. The van der Waals surface area contributed by atoms with Crippen LogP contribution in [0, 0.1) is 5.92 Å². The number of nitrogens with zero attached hydrogens (tertiary/aromatic N) is 1. The minimum atomic E-state index is 0.144. The summed E-state index contributed by atoms with van der Waals surface area (Å²) >= 11 is 3.71. The Labute approximate surface area is 133 Å². The fourth-order valence-corrected chi connectivity index (χ4v) is 2.60. The molecule has 3 heteroatoms. The molecule has 0 saturated heterocycles. The van der Waals surface area contributed by atoms with Crippen molar-refractivity contribution in [2.75, 3.05) is 18.0 Å². The van der Waals surface area contributed by atoms with E-state index in [-0.39, 0.29) is 5.54 Å². The first kappa shape index (κ1) is 17.5. The molecule has 0 fully saturated rings. The topological polar surface area (TPSA) is 15.3 Å². The van der Waals surface area contributed by atoms with E-state index in [9.17, 15) is 0 Å². The summed E-state index contributed by atoms with van der Waals surface area (Å²) in [5, 5.41) is 3.53. The summed E-state index contributed by atoms with van der Waals surface area (Å²) in [6.07, 6.45) is 0. The highest BCUT2D eigenvalue weighted by molar-refractivity contribution is 9.10. The van der Waals surface area contributed by atoms with Gasteiger partial charge < -0.3 is 10.2 Å². The van der Waals surface area contributed by atoms with Gasteiger partial charge >= 0.3 is 0 Å². The second-order valence-electron chi connectivity index (χ2n) is 6.81. The number of halogens is 1. The summed E-state index contributed by atoms with van der Waals surface area (Å²) in [7, 11) is 0. The van der Waals surface area contributed by atoms with Gasteiger partial charge in [-0.05, 0) is 51.3 Å². The Morgan fingerprint density at radius 1 is 1.25 bits per heavy atom. The van der Waals surface area contributed by atoms with Gasteiger partial charge in [-0.15, -0.1) is 0 Å². The van der Waals surface area contributed by atoms with Crippen LogP contribution in [0.1, 0.15) is 47.1 Å². The summed E-state index contributed by atoms with van der Waals surface area (Å²) in [4.78, 5) is 2.43. The summed E-state index contributed by atoms with van der Waals surface area (Å²) < 4.78 is 1.19. The lowest BCUT2D eigenvalue weighted by Gasteiger charge is -2.26. The van der Waals surface area contributed by atoms with Crippen LogP contribution in [0.3, 0.4) is 0 Å². The minimum absolute atomic E-state index is 0.144. The third-order valence-electron chi connectivity index (χ3n) is 3.18. The molecule has 1 aromatic rings. The molecule has 0 spiro atoms. The molecule has 1 rings (SSSR count). The van der Waals surface area contributed by atoms with Crippen molar-refractivity contribution in [3.63, 3.8) is 0 Å². The molecule has 0 bridgehead atoms. The van der Waals surface area contributed by atoms with Gasteiger partial charge in [0.15, 0.2) is 0 Å². The molecular weight excluding hydrogens is 312 g/mol. The standard InChI is InChI=1S/C17H29BrN2/c1-7-20(12-13(2)3)15-9-8-14(16(18)10-15)11-19-17(4,5)6/h8-10,13,19H,7,11-12H2,1-6H3. The van der Waals surface area contributed by atoms with Crippen LogP contribution in [0.2, 0.25) is 0 Å². The van der Waals surface area contributed by atoms with Gasteiger partial charge in [-0.1, -0.05) is 35.8 Å². The highest BCUT2D eigenvalue weighted by Gasteiger charge is 2.12. The van der Waals surface area contributed by atoms with Gasteiger partial charge in [0.25, 0.3) is 0 Å². The molecular formula is C17H29BrN2. The fraction of sp³-hybridized carbons (Fsp3) is 0.647.